The van der Waals surface area contributed by atoms with E-state index in [0.717, 1.165) is 22.8 Å². The first-order valence-corrected chi connectivity index (χ1v) is 11.6. The molecule has 4 rings (SSSR count). The molecule has 0 saturated carbocycles. The zero-order chi connectivity index (χ0) is 24.2. The zero-order valence-electron chi connectivity index (χ0n) is 19.4. The van der Waals surface area contributed by atoms with Crippen LogP contribution in [0, 0.1) is 6.92 Å². The minimum Gasteiger partial charge on any atom is -0.497 e. The fraction of sp³-hybridized carbons (Fsp3) is 0.231. The van der Waals surface area contributed by atoms with Crippen molar-refractivity contribution in [1.29, 1.82) is 0 Å². The first-order chi connectivity index (χ1) is 16.4. The highest BCUT2D eigenvalue weighted by Crippen LogP contribution is 2.26. The average Bonchev–Trinajstić information content (AvgIpc) is 2.86. The number of rotatable bonds is 7. The van der Waals surface area contributed by atoms with E-state index >= 15 is 0 Å². The predicted octanol–water partition coefficient (Wildman–Crippen LogP) is 5.47. The first-order valence-electron chi connectivity index (χ1n) is 10.8. The largest absolute Gasteiger partial charge is 0.497 e. The summed E-state index contributed by atoms with van der Waals surface area (Å²) in [5.74, 6) is 2.18. The fourth-order valence-electron chi connectivity index (χ4n) is 3.52. The van der Waals surface area contributed by atoms with Gasteiger partial charge in [-0.2, -0.15) is 0 Å². The van der Waals surface area contributed by atoms with E-state index in [1.165, 1.54) is 0 Å². The van der Waals surface area contributed by atoms with Crippen molar-refractivity contribution in [1.82, 2.24) is 19.5 Å². The quantitative estimate of drug-likeness (QED) is 0.321. The van der Waals surface area contributed by atoms with E-state index in [1.807, 2.05) is 63.2 Å². The Morgan fingerprint density at radius 2 is 1.82 bits per heavy atom. The maximum Gasteiger partial charge on any atom is 0.273 e. The molecule has 7 nitrogen and oxygen atoms in total. The standard InChI is InChI=1S/C26H25BrN4O3/c1-16(2)25-29-11-9-21(30-25)22-14-19(8-10-28-22)31-17(3)12-23(24(27)26(31)32)34-15-18-6-5-7-20(13-18)33-4/h5-14,16H,15H2,1-4H3. The van der Waals surface area contributed by atoms with Crippen LogP contribution in [0.3, 0.4) is 0 Å². The molecule has 0 aliphatic carbocycles. The van der Waals surface area contributed by atoms with Crippen LogP contribution in [-0.4, -0.2) is 26.6 Å². The Labute approximate surface area is 206 Å². The van der Waals surface area contributed by atoms with Crippen molar-refractivity contribution in [2.75, 3.05) is 7.11 Å². The predicted molar refractivity (Wildman–Crippen MR) is 135 cm³/mol. The van der Waals surface area contributed by atoms with Crippen LogP contribution in [0.25, 0.3) is 17.1 Å². The summed E-state index contributed by atoms with van der Waals surface area (Å²) < 4.78 is 13.2. The van der Waals surface area contributed by atoms with Gasteiger partial charge in [-0.25, -0.2) is 9.97 Å². The Morgan fingerprint density at radius 1 is 1.03 bits per heavy atom. The Morgan fingerprint density at radius 3 is 2.59 bits per heavy atom. The Kier molecular flexibility index (Phi) is 7.07. The minimum absolute atomic E-state index is 0.202. The number of nitrogens with zero attached hydrogens (tertiary/aromatic N) is 4. The van der Waals surface area contributed by atoms with Crippen LogP contribution in [0.5, 0.6) is 11.5 Å². The highest BCUT2D eigenvalue weighted by molar-refractivity contribution is 9.10. The fourth-order valence-corrected chi connectivity index (χ4v) is 3.93. The molecule has 0 saturated heterocycles. The number of hydrogen-bond acceptors (Lipinski definition) is 6. The normalized spacial score (nSPS) is 11.0. The van der Waals surface area contributed by atoms with Crippen LogP contribution in [0.15, 0.2) is 70.2 Å². The van der Waals surface area contributed by atoms with Gasteiger partial charge >= 0.3 is 0 Å². The van der Waals surface area contributed by atoms with Crippen LogP contribution in [0.1, 0.15) is 36.8 Å². The second kappa shape index (κ2) is 10.2. The average molecular weight is 521 g/mol. The van der Waals surface area contributed by atoms with Crippen molar-refractivity contribution in [3.63, 3.8) is 0 Å². The summed E-state index contributed by atoms with van der Waals surface area (Å²) in [5, 5.41) is 0. The third-order valence-corrected chi connectivity index (χ3v) is 6.01. The lowest BCUT2D eigenvalue weighted by Gasteiger charge is -2.15. The van der Waals surface area contributed by atoms with Crippen molar-refractivity contribution in [2.45, 2.75) is 33.3 Å². The molecule has 0 spiro atoms. The molecule has 34 heavy (non-hydrogen) atoms. The molecule has 0 radical (unpaired) electrons. The van der Waals surface area contributed by atoms with Crippen LogP contribution in [0.4, 0.5) is 0 Å². The highest BCUT2D eigenvalue weighted by atomic mass is 79.9. The third-order valence-electron chi connectivity index (χ3n) is 5.28. The molecule has 3 heterocycles. The zero-order valence-corrected chi connectivity index (χ0v) is 21.0. The molecule has 0 N–H and O–H groups in total. The van der Waals surface area contributed by atoms with E-state index in [4.69, 9.17) is 9.47 Å². The lowest BCUT2D eigenvalue weighted by atomic mass is 10.2. The molecule has 0 aliphatic heterocycles. The van der Waals surface area contributed by atoms with Gasteiger partial charge in [0.2, 0.25) is 0 Å². The Balaban J connectivity index is 1.65. The van der Waals surface area contributed by atoms with Gasteiger partial charge in [-0.05, 0) is 58.7 Å². The van der Waals surface area contributed by atoms with Crippen molar-refractivity contribution >= 4 is 15.9 Å². The second-order valence-electron chi connectivity index (χ2n) is 8.10. The molecule has 174 valence electrons. The van der Waals surface area contributed by atoms with Crippen LogP contribution < -0.4 is 15.0 Å². The van der Waals surface area contributed by atoms with Gasteiger partial charge in [0.1, 0.15) is 28.4 Å². The smallest absolute Gasteiger partial charge is 0.273 e. The van der Waals surface area contributed by atoms with E-state index < -0.39 is 0 Å². The summed E-state index contributed by atoms with van der Waals surface area (Å²) in [6, 6.07) is 14.9. The molecule has 0 fully saturated rings. The summed E-state index contributed by atoms with van der Waals surface area (Å²) in [6.07, 6.45) is 3.41. The van der Waals surface area contributed by atoms with E-state index in [-0.39, 0.29) is 11.5 Å². The lowest BCUT2D eigenvalue weighted by molar-refractivity contribution is 0.302. The summed E-state index contributed by atoms with van der Waals surface area (Å²) in [5.41, 5.74) is 3.53. The topological polar surface area (TPSA) is 79.1 Å². The van der Waals surface area contributed by atoms with Gasteiger partial charge in [0.05, 0.1) is 24.2 Å². The number of halogens is 1. The SMILES string of the molecule is COc1cccc(COc2cc(C)n(-c3ccnc(-c4ccnc(C(C)C)n4)c3)c(=O)c2Br)c1. The van der Waals surface area contributed by atoms with Crippen LogP contribution >= 0.6 is 15.9 Å². The van der Waals surface area contributed by atoms with E-state index in [9.17, 15) is 4.79 Å². The summed E-state index contributed by atoms with van der Waals surface area (Å²) in [6.45, 7) is 6.26. The summed E-state index contributed by atoms with van der Waals surface area (Å²) in [7, 11) is 1.62. The van der Waals surface area contributed by atoms with Gasteiger partial charge in [-0.15, -0.1) is 0 Å². The first kappa shape index (κ1) is 23.6. The van der Waals surface area contributed by atoms with Gasteiger partial charge in [-0.1, -0.05) is 26.0 Å². The number of aromatic nitrogens is 4. The van der Waals surface area contributed by atoms with Crippen molar-refractivity contribution in [3.05, 3.63) is 92.8 Å². The molecule has 0 atom stereocenters. The number of pyridine rings is 2. The monoisotopic (exact) mass is 520 g/mol. The molecule has 3 aromatic heterocycles. The molecule has 0 amide bonds. The number of benzene rings is 1. The molecule has 0 aliphatic rings. The van der Waals surface area contributed by atoms with Crippen molar-refractivity contribution in [2.24, 2.45) is 0 Å². The number of hydrogen-bond donors (Lipinski definition) is 0. The Hall–Kier alpha value is -3.52. The van der Waals surface area contributed by atoms with Crippen LogP contribution in [0.2, 0.25) is 0 Å². The van der Waals surface area contributed by atoms with Gasteiger partial charge in [-0.3, -0.25) is 14.3 Å². The van der Waals surface area contributed by atoms with Crippen molar-refractivity contribution < 1.29 is 9.47 Å². The van der Waals surface area contributed by atoms with E-state index in [0.29, 0.717) is 33.9 Å². The molecule has 1 aromatic carbocycles. The maximum atomic E-state index is 13.3. The van der Waals surface area contributed by atoms with Gasteiger partial charge in [0, 0.05) is 30.1 Å². The third kappa shape index (κ3) is 5.02. The van der Waals surface area contributed by atoms with Crippen molar-refractivity contribution in [3.8, 4) is 28.6 Å². The minimum atomic E-state index is -0.219. The molecule has 0 unspecified atom stereocenters. The van der Waals surface area contributed by atoms with E-state index in [2.05, 4.69) is 30.9 Å². The van der Waals surface area contributed by atoms with Gasteiger partial charge in [0.15, 0.2) is 0 Å². The van der Waals surface area contributed by atoms with Gasteiger partial charge < -0.3 is 9.47 Å². The molecular formula is C26H25BrN4O3. The second-order valence-corrected chi connectivity index (χ2v) is 8.89. The number of methoxy groups -OCH3 is 1. The molecular weight excluding hydrogens is 496 g/mol. The Bertz CT molecular complexity index is 1380. The van der Waals surface area contributed by atoms with Crippen LogP contribution in [-0.2, 0) is 6.61 Å². The summed E-state index contributed by atoms with van der Waals surface area (Å²) in [4.78, 5) is 26.7. The van der Waals surface area contributed by atoms with E-state index in [1.54, 1.807) is 30.1 Å². The highest BCUT2D eigenvalue weighted by Gasteiger charge is 2.15. The number of aryl methyl sites for hydroxylation is 1. The number of ether oxygens (including phenoxy) is 2. The maximum absolute atomic E-state index is 13.3. The van der Waals surface area contributed by atoms with Gasteiger partial charge in [0.25, 0.3) is 5.56 Å². The lowest BCUT2D eigenvalue weighted by Crippen LogP contribution is -2.22. The molecule has 4 aromatic rings. The summed E-state index contributed by atoms with van der Waals surface area (Å²) >= 11 is 3.43. The molecule has 0 bridgehead atoms. The molecule has 8 heteroatoms.